The summed E-state index contributed by atoms with van der Waals surface area (Å²) in [5, 5.41) is 18.0. The third-order valence-electron chi connectivity index (χ3n) is 2.93. The average molecular weight is 283 g/mol. The smallest absolute Gasteiger partial charge is 0.354 e. The number of para-hydroxylation sites is 2. The first kappa shape index (κ1) is 12.8. The number of pyridine rings is 1. The molecule has 1 aromatic carbocycles. The van der Waals surface area contributed by atoms with Gasteiger partial charge in [-0.05, 0) is 24.3 Å². The van der Waals surface area contributed by atoms with Crippen LogP contribution in [0.5, 0.6) is 0 Å². The first-order valence-corrected chi connectivity index (χ1v) is 5.98. The Morgan fingerprint density at radius 1 is 0.952 bits per heavy atom. The molecule has 0 unspecified atom stereocenters. The first-order chi connectivity index (χ1) is 10.0. The highest BCUT2D eigenvalue weighted by atomic mass is 16.4. The van der Waals surface area contributed by atoms with E-state index in [2.05, 4.69) is 15.0 Å². The van der Waals surface area contributed by atoms with Crippen molar-refractivity contribution in [3.05, 3.63) is 47.8 Å². The van der Waals surface area contributed by atoms with Crippen LogP contribution in [-0.2, 0) is 0 Å². The zero-order chi connectivity index (χ0) is 15.0. The number of aromatic carboxylic acids is 2. The monoisotopic (exact) mass is 283 g/mol. The highest BCUT2D eigenvalue weighted by Crippen LogP contribution is 2.21. The van der Waals surface area contributed by atoms with Gasteiger partial charge in [0.05, 0.1) is 11.0 Å². The van der Waals surface area contributed by atoms with Crippen LogP contribution in [0.25, 0.3) is 22.4 Å². The number of fused-ring (bicyclic) bond motifs is 1. The molecule has 0 aliphatic heterocycles. The lowest BCUT2D eigenvalue weighted by Crippen LogP contribution is -2.08. The molecule has 104 valence electrons. The minimum atomic E-state index is -1.30. The lowest BCUT2D eigenvalue weighted by Gasteiger charge is -2.02. The van der Waals surface area contributed by atoms with Gasteiger partial charge in [-0.25, -0.2) is 19.6 Å². The Balaban J connectivity index is 2.20. The predicted molar refractivity (Wildman–Crippen MR) is 73.2 cm³/mol. The van der Waals surface area contributed by atoms with Gasteiger partial charge >= 0.3 is 11.9 Å². The molecule has 0 aliphatic carbocycles. The van der Waals surface area contributed by atoms with Gasteiger partial charge in [-0.3, -0.25) is 0 Å². The third kappa shape index (κ3) is 2.32. The molecule has 3 N–H and O–H groups in total. The number of nitrogens with zero attached hydrogens (tertiary/aromatic N) is 2. The van der Waals surface area contributed by atoms with Crippen LogP contribution < -0.4 is 0 Å². The Morgan fingerprint density at radius 3 is 2.14 bits per heavy atom. The number of benzene rings is 1. The van der Waals surface area contributed by atoms with E-state index >= 15 is 0 Å². The zero-order valence-electron chi connectivity index (χ0n) is 10.6. The molecule has 0 fully saturated rings. The number of carbonyl (C=O) groups is 2. The molecule has 21 heavy (non-hydrogen) atoms. The van der Waals surface area contributed by atoms with Crippen LogP contribution in [0.3, 0.4) is 0 Å². The lowest BCUT2D eigenvalue weighted by molar-refractivity contribution is 0.0685. The highest BCUT2D eigenvalue weighted by molar-refractivity contribution is 5.92. The van der Waals surface area contributed by atoms with E-state index in [1.165, 1.54) is 12.1 Å². The third-order valence-corrected chi connectivity index (χ3v) is 2.93. The molecule has 0 amide bonds. The summed E-state index contributed by atoms with van der Waals surface area (Å²) in [6.45, 7) is 0. The fourth-order valence-corrected chi connectivity index (χ4v) is 1.98. The Kier molecular flexibility index (Phi) is 2.87. The van der Waals surface area contributed by atoms with E-state index in [0.29, 0.717) is 16.9 Å². The molecule has 0 aliphatic rings. The summed E-state index contributed by atoms with van der Waals surface area (Å²) in [7, 11) is 0. The lowest BCUT2D eigenvalue weighted by atomic mass is 10.1. The summed E-state index contributed by atoms with van der Waals surface area (Å²) in [5.41, 5.74) is 1.16. The number of imidazole rings is 1. The number of rotatable bonds is 3. The summed E-state index contributed by atoms with van der Waals surface area (Å²) in [6.07, 6.45) is 0. The number of carboxylic acids is 2. The quantitative estimate of drug-likeness (QED) is 0.677. The fourth-order valence-electron chi connectivity index (χ4n) is 1.98. The maximum absolute atomic E-state index is 11.0. The van der Waals surface area contributed by atoms with Crippen LogP contribution in [0.2, 0.25) is 0 Å². The Morgan fingerprint density at radius 2 is 1.57 bits per heavy atom. The van der Waals surface area contributed by atoms with Crippen molar-refractivity contribution in [2.75, 3.05) is 0 Å². The van der Waals surface area contributed by atoms with Gasteiger partial charge in [0, 0.05) is 5.56 Å². The van der Waals surface area contributed by atoms with E-state index in [9.17, 15) is 9.59 Å². The molecule has 0 saturated carbocycles. The molecule has 7 nitrogen and oxygen atoms in total. The van der Waals surface area contributed by atoms with Crippen LogP contribution in [0.4, 0.5) is 0 Å². The van der Waals surface area contributed by atoms with Crippen molar-refractivity contribution in [2.45, 2.75) is 0 Å². The zero-order valence-corrected chi connectivity index (χ0v) is 10.6. The molecule has 3 rings (SSSR count). The topological polar surface area (TPSA) is 116 Å². The van der Waals surface area contributed by atoms with Gasteiger partial charge in [-0.15, -0.1) is 0 Å². The summed E-state index contributed by atoms with van der Waals surface area (Å²) < 4.78 is 0. The van der Waals surface area contributed by atoms with Gasteiger partial charge in [0.15, 0.2) is 0 Å². The maximum Gasteiger partial charge on any atom is 0.354 e. The summed E-state index contributed by atoms with van der Waals surface area (Å²) in [4.78, 5) is 33.0. The minimum Gasteiger partial charge on any atom is -0.477 e. The van der Waals surface area contributed by atoms with Crippen LogP contribution in [-0.4, -0.2) is 37.1 Å². The molecule has 0 spiro atoms. The number of aromatic amines is 1. The van der Waals surface area contributed by atoms with Gasteiger partial charge in [-0.1, -0.05) is 12.1 Å². The van der Waals surface area contributed by atoms with Crippen molar-refractivity contribution >= 4 is 23.0 Å². The van der Waals surface area contributed by atoms with Crippen LogP contribution >= 0.6 is 0 Å². The van der Waals surface area contributed by atoms with E-state index in [0.717, 1.165) is 5.52 Å². The Bertz CT molecular complexity index is 804. The Labute approximate surface area is 117 Å². The number of nitrogens with one attached hydrogen (secondary N) is 1. The van der Waals surface area contributed by atoms with Crippen molar-refractivity contribution < 1.29 is 19.8 Å². The van der Waals surface area contributed by atoms with Crippen molar-refractivity contribution in [1.82, 2.24) is 15.0 Å². The molecule has 7 heteroatoms. The minimum absolute atomic E-state index is 0.342. The number of hydrogen-bond donors (Lipinski definition) is 3. The SMILES string of the molecule is O=C(O)c1cc(-c2nc3ccccc3[nH]2)cc(C(=O)O)n1. The largest absolute Gasteiger partial charge is 0.477 e. The summed E-state index contributed by atoms with van der Waals surface area (Å²) >= 11 is 0. The molecule has 2 aromatic heterocycles. The Hall–Kier alpha value is -3.22. The summed E-state index contributed by atoms with van der Waals surface area (Å²) in [5.74, 6) is -2.20. The van der Waals surface area contributed by atoms with E-state index in [-0.39, 0.29) is 11.4 Å². The highest BCUT2D eigenvalue weighted by Gasteiger charge is 2.15. The average Bonchev–Trinajstić information content (AvgIpc) is 2.90. The van der Waals surface area contributed by atoms with Crippen molar-refractivity contribution in [2.24, 2.45) is 0 Å². The van der Waals surface area contributed by atoms with Crippen molar-refractivity contribution in [1.29, 1.82) is 0 Å². The van der Waals surface area contributed by atoms with Gasteiger partial charge in [0.25, 0.3) is 0 Å². The second-order valence-corrected chi connectivity index (χ2v) is 4.34. The predicted octanol–water partition coefficient (Wildman–Crippen LogP) is 2.02. The number of H-pyrrole nitrogens is 1. The van der Waals surface area contributed by atoms with Gasteiger partial charge in [-0.2, -0.15) is 0 Å². The summed E-state index contributed by atoms with van der Waals surface area (Å²) in [6, 6.07) is 9.85. The number of hydrogen-bond acceptors (Lipinski definition) is 4. The van der Waals surface area contributed by atoms with Gasteiger partial charge < -0.3 is 15.2 Å². The van der Waals surface area contributed by atoms with Crippen molar-refractivity contribution in [3.8, 4) is 11.4 Å². The maximum atomic E-state index is 11.0. The van der Waals surface area contributed by atoms with E-state index in [1.807, 2.05) is 18.2 Å². The molecule has 0 saturated heterocycles. The van der Waals surface area contributed by atoms with E-state index < -0.39 is 11.9 Å². The van der Waals surface area contributed by atoms with Gasteiger partial charge in [0.2, 0.25) is 0 Å². The second-order valence-electron chi connectivity index (χ2n) is 4.34. The van der Waals surface area contributed by atoms with Crippen LogP contribution in [0.1, 0.15) is 21.0 Å². The van der Waals surface area contributed by atoms with Crippen LogP contribution in [0, 0.1) is 0 Å². The molecule has 3 aromatic rings. The van der Waals surface area contributed by atoms with E-state index in [4.69, 9.17) is 10.2 Å². The van der Waals surface area contributed by atoms with Gasteiger partial charge in [0.1, 0.15) is 17.2 Å². The molecular weight excluding hydrogens is 274 g/mol. The van der Waals surface area contributed by atoms with Crippen molar-refractivity contribution in [3.63, 3.8) is 0 Å². The molecule has 0 bridgehead atoms. The molecule has 0 atom stereocenters. The molecular formula is C14H9N3O4. The second kappa shape index (κ2) is 4.71. The van der Waals surface area contributed by atoms with Crippen LogP contribution in [0.15, 0.2) is 36.4 Å². The normalized spacial score (nSPS) is 10.7. The van der Waals surface area contributed by atoms with E-state index in [1.54, 1.807) is 6.07 Å². The first-order valence-electron chi connectivity index (χ1n) is 5.98. The fraction of sp³-hybridized carbons (Fsp3) is 0. The molecule has 0 radical (unpaired) electrons. The standard InChI is InChI=1S/C14H9N3O4/c18-13(19)10-5-7(6-11(15-10)14(20)21)12-16-8-3-1-2-4-9(8)17-12/h1-6H,(H,16,17)(H,18,19)(H,20,21). The number of aromatic nitrogens is 3. The molecule has 2 heterocycles. The number of carboxylic acid groups (broad SMARTS) is 2.